The zero-order chi connectivity index (χ0) is 21.8. The van der Waals surface area contributed by atoms with E-state index in [2.05, 4.69) is 46.1 Å². The van der Waals surface area contributed by atoms with Crippen LogP contribution >= 0.6 is 0 Å². The smallest absolute Gasteiger partial charge is 0.256 e. The van der Waals surface area contributed by atoms with E-state index in [9.17, 15) is 4.79 Å². The van der Waals surface area contributed by atoms with Crippen molar-refractivity contribution in [3.8, 4) is 5.95 Å². The van der Waals surface area contributed by atoms with Gasteiger partial charge < -0.3 is 5.32 Å². The van der Waals surface area contributed by atoms with E-state index in [1.165, 1.54) is 5.56 Å². The largest absolute Gasteiger partial charge is 0.306 e. The zero-order valence-electron chi connectivity index (χ0n) is 18.6. The maximum absolute atomic E-state index is 12.8. The first kappa shape index (κ1) is 21.6. The molecular formula is C23H30N6O. The van der Waals surface area contributed by atoms with Gasteiger partial charge in [0.15, 0.2) is 0 Å². The minimum Gasteiger partial charge on any atom is -0.306 e. The van der Waals surface area contributed by atoms with Gasteiger partial charge >= 0.3 is 0 Å². The molecule has 0 saturated carbocycles. The number of benzene rings is 1. The molecule has 3 rings (SSSR count). The Balaban J connectivity index is 1.78. The average molecular weight is 407 g/mol. The van der Waals surface area contributed by atoms with E-state index in [1.54, 1.807) is 4.68 Å². The van der Waals surface area contributed by atoms with Gasteiger partial charge in [-0.1, -0.05) is 19.1 Å². The van der Waals surface area contributed by atoms with E-state index >= 15 is 0 Å². The molecule has 0 spiro atoms. The Morgan fingerprint density at radius 1 is 1.03 bits per heavy atom. The Labute approximate surface area is 178 Å². The zero-order valence-corrected chi connectivity index (χ0v) is 18.6. The van der Waals surface area contributed by atoms with Crippen molar-refractivity contribution in [1.29, 1.82) is 0 Å². The molecule has 2 aromatic heterocycles. The monoisotopic (exact) mass is 406 g/mol. The van der Waals surface area contributed by atoms with Gasteiger partial charge in [-0.05, 0) is 64.9 Å². The highest BCUT2D eigenvalue weighted by Gasteiger charge is 2.15. The van der Waals surface area contributed by atoms with Crippen LogP contribution in [0.5, 0.6) is 0 Å². The number of hydrogen-bond donors (Lipinski definition) is 1. The lowest BCUT2D eigenvalue weighted by Crippen LogP contribution is -2.29. The first-order valence-corrected chi connectivity index (χ1v) is 10.3. The first-order chi connectivity index (χ1) is 14.3. The van der Waals surface area contributed by atoms with Crippen LogP contribution in [0.3, 0.4) is 0 Å². The summed E-state index contributed by atoms with van der Waals surface area (Å²) < 4.78 is 1.57. The summed E-state index contributed by atoms with van der Waals surface area (Å²) in [7, 11) is 0. The molecular weight excluding hydrogens is 376 g/mol. The summed E-state index contributed by atoms with van der Waals surface area (Å²) in [5.74, 6) is 0.798. The molecule has 0 atom stereocenters. The quantitative estimate of drug-likeness (QED) is 0.640. The fourth-order valence-corrected chi connectivity index (χ4v) is 3.39. The minimum atomic E-state index is -0.191. The maximum Gasteiger partial charge on any atom is 0.256 e. The lowest BCUT2D eigenvalue weighted by molar-refractivity contribution is 0.102. The minimum absolute atomic E-state index is 0.191. The third kappa shape index (κ3) is 5.10. The van der Waals surface area contributed by atoms with Gasteiger partial charge in [0.05, 0.1) is 5.69 Å². The van der Waals surface area contributed by atoms with Crippen LogP contribution in [0.15, 0.2) is 36.4 Å². The molecule has 0 saturated heterocycles. The number of aryl methyl sites for hydroxylation is 3. The summed E-state index contributed by atoms with van der Waals surface area (Å²) in [5.41, 5.74) is 4.25. The van der Waals surface area contributed by atoms with Crippen LogP contribution in [0.2, 0.25) is 0 Å². The Hall–Kier alpha value is -3.06. The van der Waals surface area contributed by atoms with Crippen LogP contribution in [0.25, 0.3) is 5.95 Å². The third-order valence-corrected chi connectivity index (χ3v) is 4.97. The van der Waals surface area contributed by atoms with Gasteiger partial charge in [-0.3, -0.25) is 9.69 Å². The molecule has 7 heteroatoms. The number of aromatic nitrogens is 4. The van der Waals surface area contributed by atoms with Gasteiger partial charge in [0, 0.05) is 35.6 Å². The summed E-state index contributed by atoms with van der Waals surface area (Å²) in [6.07, 6.45) is 0. The van der Waals surface area contributed by atoms with Crippen molar-refractivity contribution in [3.63, 3.8) is 0 Å². The van der Waals surface area contributed by atoms with Crippen LogP contribution in [-0.4, -0.2) is 43.1 Å². The van der Waals surface area contributed by atoms with Crippen molar-refractivity contribution in [3.05, 3.63) is 64.6 Å². The molecule has 0 unspecified atom stereocenters. The fourth-order valence-electron chi connectivity index (χ4n) is 3.39. The van der Waals surface area contributed by atoms with Gasteiger partial charge in [-0.2, -0.15) is 9.78 Å². The molecule has 0 aliphatic rings. The van der Waals surface area contributed by atoms with Gasteiger partial charge in [0.25, 0.3) is 11.9 Å². The number of carbonyl (C=O) groups excluding carboxylic acids is 1. The molecule has 1 aromatic carbocycles. The number of carbonyl (C=O) groups is 1. The summed E-state index contributed by atoms with van der Waals surface area (Å²) in [6, 6.07) is 11.9. The topological polar surface area (TPSA) is 75.9 Å². The third-order valence-electron chi connectivity index (χ3n) is 4.97. The summed E-state index contributed by atoms with van der Waals surface area (Å²) >= 11 is 0. The summed E-state index contributed by atoms with van der Waals surface area (Å²) in [6.45, 7) is 14.1. The Kier molecular flexibility index (Phi) is 6.62. The predicted molar refractivity (Wildman–Crippen MR) is 119 cm³/mol. The summed E-state index contributed by atoms with van der Waals surface area (Å²) in [4.78, 5) is 24.1. The highest BCUT2D eigenvalue weighted by molar-refractivity contribution is 6.03. The maximum atomic E-state index is 12.8. The lowest BCUT2D eigenvalue weighted by atomic mass is 10.1. The number of rotatable bonds is 7. The van der Waals surface area contributed by atoms with E-state index < -0.39 is 0 Å². The number of nitrogens with one attached hydrogen (secondary N) is 1. The molecule has 1 amide bonds. The lowest BCUT2D eigenvalue weighted by Gasteiger charge is -2.24. The van der Waals surface area contributed by atoms with Crippen LogP contribution < -0.4 is 5.32 Å². The van der Waals surface area contributed by atoms with E-state index in [0.717, 1.165) is 30.2 Å². The highest BCUT2D eigenvalue weighted by atomic mass is 16.1. The van der Waals surface area contributed by atoms with Gasteiger partial charge in [0.2, 0.25) is 0 Å². The second kappa shape index (κ2) is 9.17. The SMILES string of the molecule is CCN(Cc1ccc(C(=O)Nc2cc(C)nn2-c2nc(C)cc(C)n2)cc1)C(C)C. The van der Waals surface area contributed by atoms with Gasteiger partial charge in [-0.15, -0.1) is 0 Å². The van der Waals surface area contributed by atoms with Crippen molar-refractivity contribution in [1.82, 2.24) is 24.6 Å². The van der Waals surface area contributed by atoms with Crippen LogP contribution in [0.1, 0.15) is 53.8 Å². The van der Waals surface area contributed by atoms with Crippen LogP contribution in [0, 0.1) is 20.8 Å². The van der Waals surface area contributed by atoms with E-state index in [-0.39, 0.29) is 5.91 Å². The number of amides is 1. The number of hydrogen-bond acceptors (Lipinski definition) is 5. The Morgan fingerprint density at radius 3 is 2.23 bits per heavy atom. The van der Waals surface area contributed by atoms with Gasteiger partial charge in [-0.25, -0.2) is 9.97 Å². The normalized spacial score (nSPS) is 11.3. The van der Waals surface area contributed by atoms with E-state index in [1.807, 2.05) is 57.2 Å². The molecule has 2 heterocycles. The first-order valence-electron chi connectivity index (χ1n) is 10.3. The number of anilines is 1. The molecule has 7 nitrogen and oxygen atoms in total. The van der Waals surface area contributed by atoms with E-state index in [4.69, 9.17) is 0 Å². The van der Waals surface area contributed by atoms with Crippen LogP contribution in [0.4, 0.5) is 5.82 Å². The van der Waals surface area contributed by atoms with Crippen molar-refractivity contribution in [2.45, 2.75) is 54.1 Å². The molecule has 0 aliphatic carbocycles. The molecule has 3 aromatic rings. The molecule has 158 valence electrons. The van der Waals surface area contributed by atoms with Crippen molar-refractivity contribution >= 4 is 11.7 Å². The Bertz CT molecular complexity index is 1000. The summed E-state index contributed by atoms with van der Waals surface area (Å²) in [5, 5.41) is 7.40. The van der Waals surface area contributed by atoms with Crippen molar-refractivity contribution in [2.75, 3.05) is 11.9 Å². The van der Waals surface area contributed by atoms with Crippen molar-refractivity contribution in [2.24, 2.45) is 0 Å². The molecule has 30 heavy (non-hydrogen) atoms. The average Bonchev–Trinajstić information content (AvgIpc) is 3.05. The number of nitrogens with zero attached hydrogens (tertiary/aromatic N) is 5. The standard InChI is InChI=1S/C23H30N6O/c1-7-28(15(2)3)14-19-8-10-20(11-9-19)22(30)26-21-13-18(6)27-29(21)23-24-16(4)12-17(5)25-23/h8-13,15H,7,14H2,1-6H3,(H,26,30). The second-order valence-corrected chi connectivity index (χ2v) is 7.84. The van der Waals surface area contributed by atoms with E-state index in [0.29, 0.717) is 23.4 Å². The highest BCUT2D eigenvalue weighted by Crippen LogP contribution is 2.17. The van der Waals surface area contributed by atoms with Gasteiger partial charge in [0.1, 0.15) is 5.82 Å². The molecule has 0 radical (unpaired) electrons. The Morgan fingerprint density at radius 2 is 1.67 bits per heavy atom. The fraction of sp³-hybridized carbons (Fsp3) is 0.391. The van der Waals surface area contributed by atoms with Crippen LogP contribution in [-0.2, 0) is 6.54 Å². The predicted octanol–water partition coefficient (Wildman–Crippen LogP) is 4.07. The molecule has 0 bridgehead atoms. The molecule has 1 N–H and O–H groups in total. The molecule has 0 aliphatic heterocycles. The molecule has 0 fully saturated rings. The second-order valence-electron chi connectivity index (χ2n) is 7.84. The van der Waals surface area contributed by atoms with Crippen molar-refractivity contribution < 1.29 is 4.79 Å².